The fourth-order valence-electron chi connectivity index (χ4n) is 6.48. The van der Waals surface area contributed by atoms with Crippen molar-refractivity contribution in [3.8, 4) is 0 Å². The van der Waals surface area contributed by atoms with Crippen molar-refractivity contribution in [2.45, 2.75) is 68.3 Å². The highest BCUT2D eigenvalue weighted by Crippen LogP contribution is 2.37. The van der Waals surface area contributed by atoms with E-state index >= 15 is 0 Å². The van der Waals surface area contributed by atoms with E-state index in [-0.39, 0.29) is 24.1 Å². The zero-order valence-electron chi connectivity index (χ0n) is 20.6. The van der Waals surface area contributed by atoms with Crippen molar-refractivity contribution in [1.29, 1.82) is 0 Å². The maximum absolute atomic E-state index is 13.1. The van der Waals surface area contributed by atoms with E-state index in [1.807, 2.05) is 12.1 Å². The average Bonchev–Trinajstić information content (AvgIpc) is 3.44. The fourth-order valence-corrected chi connectivity index (χ4v) is 7.52. The lowest BCUT2D eigenvalue weighted by Gasteiger charge is -2.29. The minimum absolute atomic E-state index is 0.118. The molecule has 3 heterocycles. The molecule has 2 aromatic rings. The molecule has 3 aliphatic heterocycles. The Morgan fingerprint density at radius 1 is 0.889 bits per heavy atom. The summed E-state index contributed by atoms with van der Waals surface area (Å²) in [6.45, 7) is 3.98. The van der Waals surface area contributed by atoms with Crippen LogP contribution in [0.1, 0.15) is 65.6 Å². The van der Waals surface area contributed by atoms with E-state index in [1.165, 1.54) is 49.9 Å². The zero-order chi connectivity index (χ0) is 24.6. The van der Waals surface area contributed by atoms with Gasteiger partial charge in [-0.3, -0.25) is 24.6 Å². The van der Waals surface area contributed by atoms with Crippen LogP contribution in [0, 0.1) is 11.8 Å². The molecule has 1 N–H and O–H groups in total. The lowest BCUT2D eigenvalue weighted by atomic mass is 9.82. The van der Waals surface area contributed by atoms with E-state index in [2.05, 4.69) is 40.5 Å². The summed E-state index contributed by atoms with van der Waals surface area (Å²) < 4.78 is 0. The van der Waals surface area contributed by atoms with Gasteiger partial charge in [-0.15, -0.1) is 11.8 Å². The molecule has 2 aromatic carbocycles. The Labute approximate surface area is 216 Å². The predicted octanol–water partition coefficient (Wildman–Crippen LogP) is 4.36. The molecule has 2 saturated heterocycles. The van der Waals surface area contributed by atoms with Crippen molar-refractivity contribution in [2.24, 2.45) is 11.8 Å². The molecule has 0 spiro atoms. The SMILES string of the molecule is O=C1CCC(N2Cc3c(SCc4ccc(CN5C[C@H]6CCCC[C@H]6C5)cc4)cccc3C2=O)C(=O)N1. The van der Waals surface area contributed by atoms with Crippen LogP contribution in [-0.4, -0.2) is 46.7 Å². The third-order valence-corrected chi connectivity index (χ3v) is 9.59. The van der Waals surface area contributed by atoms with Crippen LogP contribution in [0.3, 0.4) is 0 Å². The van der Waals surface area contributed by atoms with Crippen molar-refractivity contribution in [3.05, 3.63) is 64.7 Å². The number of fused-ring (bicyclic) bond motifs is 2. The second-order valence-corrected chi connectivity index (χ2v) is 11.8. The van der Waals surface area contributed by atoms with Gasteiger partial charge in [-0.25, -0.2) is 0 Å². The van der Waals surface area contributed by atoms with Crippen LogP contribution in [0.25, 0.3) is 0 Å². The van der Waals surface area contributed by atoms with Crippen molar-refractivity contribution >= 4 is 29.5 Å². The fraction of sp³-hybridized carbons (Fsp3) is 0.483. The van der Waals surface area contributed by atoms with Gasteiger partial charge < -0.3 is 4.90 Å². The topological polar surface area (TPSA) is 69.7 Å². The monoisotopic (exact) mass is 503 g/mol. The lowest BCUT2D eigenvalue weighted by Crippen LogP contribution is -2.52. The van der Waals surface area contributed by atoms with Crippen LogP contribution in [0.5, 0.6) is 0 Å². The summed E-state index contributed by atoms with van der Waals surface area (Å²) in [5, 5.41) is 2.37. The molecule has 188 valence electrons. The van der Waals surface area contributed by atoms with E-state index in [0.717, 1.165) is 34.6 Å². The number of amides is 3. The lowest BCUT2D eigenvalue weighted by molar-refractivity contribution is -0.136. The number of thioether (sulfide) groups is 1. The van der Waals surface area contributed by atoms with Crippen LogP contribution in [0.15, 0.2) is 47.4 Å². The van der Waals surface area contributed by atoms with Gasteiger partial charge >= 0.3 is 0 Å². The minimum atomic E-state index is -0.576. The maximum atomic E-state index is 13.1. The molecule has 0 radical (unpaired) electrons. The first-order valence-corrected chi connectivity index (χ1v) is 14.2. The molecule has 36 heavy (non-hydrogen) atoms. The van der Waals surface area contributed by atoms with Gasteiger partial charge in [0.25, 0.3) is 5.91 Å². The third kappa shape index (κ3) is 4.71. The van der Waals surface area contributed by atoms with Gasteiger partial charge in [-0.2, -0.15) is 0 Å². The highest BCUT2D eigenvalue weighted by Gasteiger charge is 2.40. The molecule has 1 saturated carbocycles. The van der Waals surface area contributed by atoms with Gasteiger partial charge in [0.15, 0.2) is 0 Å². The first-order valence-electron chi connectivity index (χ1n) is 13.2. The second-order valence-electron chi connectivity index (χ2n) is 10.8. The second kappa shape index (κ2) is 10.0. The van der Waals surface area contributed by atoms with Crippen LogP contribution < -0.4 is 5.32 Å². The molecule has 4 aliphatic rings. The molecule has 6 rings (SSSR count). The number of carbonyl (C=O) groups is 3. The number of benzene rings is 2. The Hall–Kier alpha value is -2.64. The summed E-state index contributed by atoms with van der Waals surface area (Å²) in [6.07, 6.45) is 6.31. The molecule has 0 aromatic heterocycles. The summed E-state index contributed by atoms with van der Waals surface area (Å²) >= 11 is 1.74. The van der Waals surface area contributed by atoms with E-state index in [1.54, 1.807) is 16.7 Å². The van der Waals surface area contributed by atoms with Crippen molar-refractivity contribution < 1.29 is 14.4 Å². The first-order chi connectivity index (χ1) is 17.5. The number of rotatable bonds is 6. The Kier molecular flexibility index (Phi) is 6.61. The molecule has 0 bridgehead atoms. The van der Waals surface area contributed by atoms with Crippen LogP contribution in [0.2, 0.25) is 0 Å². The van der Waals surface area contributed by atoms with Gasteiger partial charge in [0, 0.05) is 48.8 Å². The predicted molar refractivity (Wildman–Crippen MR) is 139 cm³/mol. The quantitative estimate of drug-likeness (QED) is 0.469. The maximum Gasteiger partial charge on any atom is 0.255 e. The summed E-state index contributed by atoms with van der Waals surface area (Å²) in [7, 11) is 0. The number of hydrogen-bond acceptors (Lipinski definition) is 5. The zero-order valence-corrected chi connectivity index (χ0v) is 21.4. The molecular formula is C29H33N3O3S. The normalized spacial score (nSPS) is 26.2. The van der Waals surface area contributed by atoms with Gasteiger partial charge in [0.2, 0.25) is 11.8 Å². The number of likely N-dealkylation sites (tertiary alicyclic amines) is 1. The van der Waals surface area contributed by atoms with Crippen molar-refractivity contribution in [3.63, 3.8) is 0 Å². The first kappa shape index (κ1) is 23.7. The van der Waals surface area contributed by atoms with E-state index in [9.17, 15) is 14.4 Å². The van der Waals surface area contributed by atoms with E-state index in [4.69, 9.17) is 0 Å². The Bertz CT molecular complexity index is 1170. The van der Waals surface area contributed by atoms with Crippen molar-refractivity contribution in [1.82, 2.24) is 15.1 Å². The largest absolute Gasteiger partial charge is 0.322 e. The number of hydrogen-bond donors (Lipinski definition) is 1. The Morgan fingerprint density at radius 2 is 1.61 bits per heavy atom. The molecule has 3 fully saturated rings. The molecule has 1 aliphatic carbocycles. The van der Waals surface area contributed by atoms with Crippen molar-refractivity contribution in [2.75, 3.05) is 13.1 Å². The van der Waals surface area contributed by atoms with Gasteiger partial charge in [0.1, 0.15) is 6.04 Å². The van der Waals surface area contributed by atoms with E-state index in [0.29, 0.717) is 18.5 Å². The average molecular weight is 504 g/mol. The van der Waals surface area contributed by atoms with Crippen LogP contribution in [-0.2, 0) is 28.4 Å². The highest BCUT2D eigenvalue weighted by molar-refractivity contribution is 7.98. The summed E-state index contributed by atoms with van der Waals surface area (Å²) in [5.41, 5.74) is 4.31. The number of carbonyl (C=O) groups excluding carboxylic acids is 3. The van der Waals surface area contributed by atoms with Gasteiger partial charge in [-0.1, -0.05) is 43.2 Å². The number of imide groups is 1. The Morgan fingerprint density at radius 3 is 2.33 bits per heavy atom. The van der Waals surface area contributed by atoms with Gasteiger partial charge in [0.05, 0.1) is 0 Å². The molecule has 6 nitrogen and oxygen atoms in total. The molecular weight excluding hydrogens is 470 g/mol. The van der Waals surface area contributed by atoms with E-state index < -0.39 is 6.04 Å². The van der Waals surface area contributed by atoms with Gasteiger partial charge in [-0.05, 0) is 59.9 Å². The Balaban J connectivity index is 1.07. The molecule has 1 unspecified atom stereocenters. The highest BCUT2D eigenvalue weighted by atomic mass is 32.2. The number of nitrogens with one attached hydrogen (secondary N) is 1. The molecule has 3 atom stereocenters. The summed E-state index contributed by atoms with van der Waals surface area (Å²) in [5.74, 6) is 1.92. The number of piperidine rings is 1. The summed E-state index contributed by atoms with van der Waals surface area (Å²) in [6, 6.07) is 14.2. The summed E-state index contributed by atoms with van der Waals surface area (Å²) in [4.78, 5) is 42.3. The molecule has 3 amide bonds. The third-order valence-electron chi connectivity index (χ3n) is 8.41. The number of nitrogens with zero attached hydrogens (tertiary/aromatic N) is 2. The standard InChI is InChI=1S/C29H33N3O3S/c33-27-13-12-25(28(34)30-27)32-17-24-23(29(32)35)6-3-7-26(24)36-18-20-10-8-19(9-11-20)14-31-15-21-4-1-2-5-22(21)16-31/h3,6-11,21-22,25H,1-2,4-5,12-18H2,(H,30,33,34)/t21-,22+,25?. The smallest absolute Gasteiger partial charge is 0.255 e. The van der Waals surface area contributed by atoms with Crippen LogP contribution >= 0.6 is 11.8 Å². The van der Waals surface area contributed by atoms with Crippen LogP contribution in [0.4, 0.5) is 0 Å². The minimum Gasteiger partial charge on any atom is -0.322 e. The molecule has 7 heteroatoms.